The van der Waals surface area contributed by atoms with Crippen LogP contribution in [0.15, 0.2) is 24.3 Å². The average molecular weight is 279 g/mol. The maximum atomic E-state index is 12.7. The van der Waals surface area contributed by atoms with Gasteiger partial charge in [-0.05, 0) is 24.6 Å². The molecule has 0 amide bonds. The quantitative estimate of drug-likeness (QED) is 0.815. The fourth-order valence-electron chi connectivity index (χ4n) is 1.51. The Bertz CT molecular complexity index is 430. The fraction of sp³-hybridized carbons (Fsp3) is 0.417. The maximum absolute atomic E-state index is 12.7. The molecule has 0 aliphatic rings. The van der Waals surface area contributed by atoms with Gasteiger partial charge in [-0.2, -0.15) is 13.2 Å². The van der Waals surface area contributed by atoms with Gasteiger partial charge in [-0.15, -0.1) is 0 Å². The van der Waals surface area contributed by atoms with Crippen LogP contribution >= 0.6 is 0 Å². The van der Waals surface area contributed by atoms with E-state index in [1.165, 1.54) is 24.3 Å². The summed E-state index contributed by atoms with van der Waals surface area (Å²) in [5.74, 6) is -4.84. The number of benzene rings is 1. The molecule has 0 aliphatic carbocycles. The molecule has 0 aromatic heterocycles. The number of alkyl halides is 3. The van der Waals surface area contributed by atoms with Gasteiger partial charge < -0.3 is 10.4 Å². The highest BCUT2D eigenvalue weighted by atomic mass is 19.4. The minimum absolute atomic E-state index is 0.449. The van der Waals surface area contributed by atoms with Crippen LogP contribution in [0.1, 0.15) is 18.5 Å². The molecule has 0 heterocycles. The summed E-state index contributed by atoms with van der Waals surface area (Å²) in [7, 11) is 0. The summed E-state index contributed by atoms with van der Waals surface area (Å²) in [6.07, 6.45) is -4.80. The van der Waals surface area contributed by atoms with Gasteiger partial charge in [0.05, 0.1) is 0 Å². The highest BCUT2D eigenvalue weighted by molar-refractivity contribution is 5.71. The predicted octanol–water partition coefficient (Wildman–Crippen LogP) is 2.74. The van der Waals surface area contributed by atoms with Crippen molar-refractivity contribution in [3.8, 4) is 0 Å². The van der Waals surface area contributed by atoms with Crippen LogP contribution in [0.2, 0.25) is 0 Å². The zero-order valence-electron chi connectivity index (χ0n) is 10.0. The number of halogens is 4. The molecule has 7 heteroatoms. The first-order valence-electron chi connectivity index (χ1n) is 5.50. The summed E-state index contributed by atoms with van der Waals surface area (Å²) in [4.78, 5) is 10.5. The van der Waals surface area contributed by atoms with E-state index in [1.807, 2.05) is 0 Å². The Morgan fingerprint density at radius 3 is 2.26 bits per heavy atom. The highest BCUT2D eigenvalue weighted by Crippen LogP contribution is 2.26. The number of rotatable bonds is 5. The van der Waals surface area contributed by atoms with E-state index in [0.717, 1.165) is 0 Å². The lowest BCUT2D eigenvalue weighted by Gasteiger charge is -2.20. The topological polar surface area (TPSA) is 49.3 Å². The monoisotopic (exact) mass is 279 g/mol. The molecule has 3 nitrogen and oxygen atoms in total. The summed E-state index contributed by atoms with van der Waals surface area (Å²) in [5.41, 5.74) is 0.577. The Labute approximate surface area is 107 Å². The standard InChI is InChI=1S/C12H13F4NO2/c1-7(8-2-4-9(13)5-3-8)17-6-10(11(18)19)12(14,15)16/h2-5,7,10,17H,6H2,1H3,(H,18,19). The van der Waals surface area contributed by atoms with Gasteiger partial charge in [0.15, 0.2) is 5.92 Å². The number of carboxylic acids is 1. The van der Waals surface area contributed by atoms with Crippen molar-refractivity contribution in [2.45, 2.75) is 19.1 Å². The van der Waals surface area contributed by atoms with E-state index in [1.54, 1.807) is 6.92 Å². The Morgan fingerprint density at radius 1 is 1.32 bits per heavy atom. The Balaban J connectivity index is 2.64. The number of hydrogen-bond donors (Lipinski definition) is 2. The van der Waals surface area contributed by atoms with Crippen LogP contribution in [0.5, 0.6) is 0 Å². The molecule has 2 N–H and O–H groups in total. The van der Waals surface area contributed by atoms with Crippen LogP contribution in [0.4, 0.5) is 17.6 Å². The van der Waals surface area contributed by atoms with Gasteiger partial charge in [-0.3, -0.25) is 4.79 Å². The lowest BCUT2D eigenvalue weighted by molar-refractivity contribution is -0.192. The molecule has 0 radical (unpaired) electrons. The molecule has 1 rings (SSSR count). The Morgan fingerprint density at radius 2 is 1.84 bits per heavy atom. The molecular weight excluding hydrogens is 266 g/mol. The molecule has 106 valence electrons. The van der Waals surface area contributed by atoms with Gasteiger partial charge in [-0.25, -0.2) is 4.39 Å². The number of carbonyl (C=O) groups is 1. The Hall–Kier alpha value is -1.63. The third kappa shape index (κ3) is 4.51. The van der Waals surface area contributed by atoms with E-state index in [0.29, 0.717) is 5.56 Å². The van der Waals surface area contributed by atoms with Crippen LogP contribution in [0.3, 0.4) is 0 Å². The summed E-state index contributed by atoms with van der Waals surface area (Å²) in [6, 6.07) is 4.72. The second-order valence-corrected chi connectivity index (χ2v) is 4.11. The van der Waals surface area contributed by atoms with E-state index in [2.05, 4.69) is 5.32 Å². The number of aliphatic carboxylic acids is 1. The minimum Gasteiger partial charge on any atom is -0.481 e. The molecule has 0 bridgehead atoms. The number of carboxylic acid groups (broad SMARTS) is 1. The zero-order chi connectivity index (χ0) is 14.6. The van der Waals surface area contributed by atoms with Crippen molar-refractivity contribution in [3.05, 3.63) is 35.6 Å². The first-order valence-corrected chi connectivity index (χ1v) is 5.50. The molecule has 0 saturated carbocycles. The van der Waals surface area contributed by atoms with Crippen molar-refractivity contribution in [1.82, 2.24) is 5.32 Å². The molecule has 0 spiro atoms. The average Bonchev–Trinajstić information content (AvgIpc) is 2.27. The second kappa shape index (κ2) is 6.01. The van der Waals surface area contributed by atoms with Crippen molar-refractivity contribution in [1.29, 1.82) is 0 Å². The molecule has 1 aromatic carbocycles. The lowest BCUT2D eigenvalue weighted by Crippen LogP contribution is -2.39. The third-order valence-electron chi connectivity index (χ3n) is 2.69. The normalized spacial score (nSPS) is 15.0. The Kier molecular flexibility index (Phi) is 4.88. The molecule has 2 atom stereocenters. The van der Waals surface area contributed by atoms with Gasteiger partial charge in [0.2, 0.25) is 0 Å². The summed E-state index contributed by atoms with van der Waals surface area (Å²) in [5, 5.41) is 11.0. The molecule has 19 heavy (non-hydrogen) atoms. The first kappa shape index (κ1) is 15.4. The van der Waals surface area contributed by atoms with Gasteiger partial charge in [0.25, 0.3) is 0 Å². The molecule has 0 aliphatic heterocycles. The predicted molar refractivity (Wildman–Crippen MR) is 60.0 cm³/mol. The van der Waals surface area contributed by atoms with Crippen LogP contribution in [0, 0.1) is 11.7 Å². The van der Waals surface area contributed by atoms with Crippen LogP contribution in [-0.4, -0.2) is 23.8 Å². The molecule has 1 aromatic rings. The van der Waals surface area contributed by atoms with E-state index in [4.69, 9.17) is 5.11 Å². The molecule has 0 saturated heterocycles. The minimum atomic E-state index is -4.80. The van der Waals surface area contributed by atoms with Crippen molar-refractivity contribution in [2.24, 2.45) is 5.92 Å². The van der Waals surface area contributed by atoms with Gasteiger partial charge in [0.1, 0.15) is 5.82 Å². The molecule has 0 fully saturated rings. The van der Waals surface area contributed by atoms with Crippen LogP contribution in [-0.2, 0) is 4.79 Å². The summed E-state index contributed by atoms with van der Waals surface area (Å²) in [6.45, 7) is 0.833. The van der Waals surface area contributed by atoms with E-state index in [-0.39, 0.29) is 0 Å². The second-order valence-electron chi connectivity index (χ2n) is 4.11. The van der Waals surface area contributed by atoms with E-state index in [9.17, 15) is 22.4 Å². The number of nitrogens with one attached hydrogen (secondary N) is 1. The first-order chi connectivity index (χ1) is 8.71. The van der Waals surface area contributed by atoms with Crippen molar-refractivity contribution in [2.75, 3.05) is 6.54 Å². The van der Waals surface area contributed by atoms with Crippen LogP contribution < -0.4 is 5.32 Å². The largest absolute Gasteiger partial charge is 0.481 e. The van der Waals surface area contributed by atoms with Gasteiger partial charge in [-0.1, -0.05) is 12.1 Å². The maximum Gasteiger partial charge on any atom is 0.403 e. The van der Waals surface area contributed by atoms with E-state index < -0.39 is 36.5 Å². The van der Waals surface area contributed by atoms with Crippen molar-refractivity contribution < 1.29 is 27.5 Å². The van der Waals surface area contributed by atoms with Crippen molar-refractivity contribution >= 4 is 5.97 Å². The highest BCUT2D eigenvalue weighted by Gasteiger charge is 2.44. The SMILES string of the molecule is CC(NCC(C(=O)O)C(F)(F)F)c1ccc(F)cc1. The number of hydrogen-bond acceptors (Lipinski definition) is 2. The van der Waals surface area contributed by atoms with Crippen molar-refractivity contribution in [3.63, 3.8) is 0 Å². The van der Waals surface area contributed by atoms with Gasteiger partial charge in [0, 0.05) is 12.6 Å². The smallest absolute Gasteiger partial charge is 0.403 e. The fourth-order valence-corrected chi connectivity index (χ4v) is 1.51. The summed E-state index contributed by atoms with van der Waals surface area (Å²) < 4.78 is 49.9. The van der Waals surface area contributed by atoms with Crippen LogP contribution in [0.25, 0.3) is 0 Å². The lowest BCUT2D eigenvalue weighted by atomic mass is 10.1. The zero-order valence-corrected chi connectivity index (χ0v) is 10.0. The van der Waals surface area contributed by atoms with Gasteiger partial charge >= 0.3 is 12.1 Å². The summed E-state index contributed by atoms with van der Waals surface area (Å²) >= 11 is 0. The molecule has 2 unspecified atom stereocenters. The van der Waals surface area contributed by atoms with E-state index >= 15 is 0 Å². The molecular formula is C12H13F4NO2. The third-order valence-corrected chi connectivity index (χ3v) is 2.69.